The predicted molar refractivity (Wildman–Crippen MR) is 97.3 cm³/mol. The molecule has 3 N–H and O–H groups in total. The minimum atomic E-state index is -0.0744. The molecule has 5 nitrogen and oxygen atoms in total. The molecule has 2 amide bonds. The summed E-state index contributed by atoms with van der Waals surface area (Å²) in [6.45, 7) is 6.07. The zero-order valence-corrected chi connectivity index (χ0v) is 14.9. The number of rotatable bonds is 6. The number of anilines is 1. The molecule has 1 saturated carbocycles. The Labute approximate surface area is 144 Å². The standard InChI is InChI=1S/C19H29N3O2/c1-13(2)21-19(24)15-9-10-17(14(3)11-15)20-12-18(23)22-16-7-5-4-6-8-16/h9-11,13,16,20H,4-8,12H2,1-3H3,(H,21,24)(H,22,23). The zero-order chi connectivity index (χ0) is 17.5. The summed E-state index contributed by atoms with van der Waals surface area (Å²) >= 11 is 0. The third-order valence-electron chi connectivity index (χ3n) is 4.32. The Balaban J connectivity index is 1.86. The van der Waals surface area contributed by atoms with Gasteiger partial charge in [0.25, 0.3) is 5.91 Å². The second-order valence-electron chi connectivity index (χ2n) is 6.91. The van der Waals surface area contributed by atoms with Crippen molar-refractivity contribution >= 4 is 17.5 Å². The van der Waals surface area contributed by atoms with Crippen LogP contribution in [0.25, 0.3) is 0 Å². The molecule has 0 saturated heterocycles. The van der Waals surface area contributed by atoms with Crippen LogP contribution in [0.1, 0.15) is 61.9 Å². The Morgan fingerprint density at radius 2 is 1.88 bits per heavy atom. The highest BCUT2D eigenvalue weighted by atomic mass is 16.2. The van der Waals surface area contributed by atoms with E-state index in [0.29, 0.717) is 11.6 Å². The topological polar surface area (TPSA) is 70.2 Å². The van der Waals surface area contributed by atoms with E-state index in [2.05, 4.69) is 16.0 Å². The number of carbonyl (C=O) groups is 2. The fraction of sp³-hybridized carbons (Fsp3) is 0.579. The molecule has 0 atom stereocenters. The van der Waals surface area contributed by atoms with E-state index in [4.69, 9.17) is 0 Å². The number of carbonyl (C=O) groups excluding carboxylic acids is 2. The van der Waals surface area contributed by atoms with Gasteiger partial charge in [-0.15, -0.1) is 0 Å². The third-order valence-corrected chi connectivity index (χ3v) is 4.32. The molecule has 2 rings (SSSR count). The van der Waals surface area contributed by atoms with E-state index in [0.717, 1.165) is 24.1 Å². The lowest BCUT2D eigenvalue weighted by Crippen LogP contribution is -2.39. The molecule has 0 spiro atoms. The first kappa shape index (κ1) is 18.3. The second-order valence-corrected chi connectivity index (χ2v) is 6.91. The van der Waals surface area contributed by atoms with E-state index in [9.17, 15) is 9.59 Å². The van der Waals surface area contributed by atoms with E-state index >= 15 is 0 Å². The van der Waals surface area contributed by atoms with Gasteiger partial charge in [0.1, 0.15) is 0 Å². The van der Waals surface area contributed by atoms with Crippen LogP contribution < -0.4 is 16.0 Å². The fourth-order valence-corrected chi connectivity index (χ4v) is 3.05. The van der Waals surface area contributed by atoms with E-state index in [1.54, 1.807) is 6.07 Å². The molecule has 1 aliphatic rings. The summed E-state index contributed by atoms with van der Waals surface area (Å²) in [6, 6.07) is 5.93. The van der Waals surface area contributed by atoms with Crippen LogP contribution in [0.4, 0.5) is 5.69 Å². The molecular weight excluding hydrogens is 302 g/mol. The lowest BCUT2D eigenvalue weighted by atomic mass is 9.95. The SMILES string of the molecule is Cc1cc(C(=O)NC(C)C)ccc1NCC(=O)NC1CCCCC1. The van der Waals surface area contributed by atoms with Crippen molar-refractivity contribution in [2.75, 3.05) is 11.9 Å². The maximum atomic E-state index is 12.1. The smallest absolute Gasteiger partial charge is 0.251 e. The Morgan fingerprint density at radius 3 is 2.50 bits per heavy atom. The summed E-state index contributed by atoms with van der Waals surface area (Å²) < 4.78 is 0. The highest BCUT2D eigenvalue weighted by Crippen LogP contribution is 2.18. The largest absolute Gasteiger partial charge is 0.376 e. The Morgan fingerprint density at radius 1 is 1.17 bits per heavy atom. The molecule has 1 aromatic rings. The number of hydrogen-bond donors (Lipinski definition) is 3. The summed E-state index contributed by atoms with van der Waals surface area (Å²) in [6.07, 6.45) is 5.87. The zero-order valence-electron chi connectivity index (χ0n) is 14.9. The Kier molecular flexibility index (Phi) is 6.64. The van der Waals surface area contributed by atoms with Gasteiger partial charge in [-0.25, -0.2) is 0 Å². The van der Waals surface area contributed by atoms with Crippen LogP contribution in [0.3, 0.4) is 0 Å². The lowest BCUT2D eigenvalue weighted by Gasteiger charge is -2.23. The molecule has 0 aliphatic heterocycles. The van der Waals surface area contributed by atoms with Crippen molar-refractivity contribution in [3.05, 3.63) is 29.3 Å². The van der Waals surface area contributed by atoms with Crippen LogP contribution in [0, 0.1) is 6.92 Å². The van der Waals surface area contributed by atoms with E-state index in [1.165, 1.54) is 19.3 Å². The van der Waals surface area contributed by atoms with E-state index < -0.39 is 0 Å². The van der Waals surface area contributed by atoms with Gasteiger partial charge in [0, 0.05) is 23.3 Å². The van der Waals surface area contributed by atoms with Gasteiger partial charge in [0.2, 0.25) is 5.91 Å². The van der Waals surface area contributed by atoms with Crippen LogP contribution in [0.15, 0.2) is 18.2 Å². The summed E-state index contributed by atoms with van der Waals surface area (Å²) in [5.74, 6) is -0.0439. The maximum Gasteiger partial charge on any atom is 0.251 e. The molecule has 1 aliphatic carbocycles. The number of benzene rings is 1. The second kappa shape index (κ2) is 8.71. The van der Waals surface area contributed by atoms with Gasteiger partial charge in [-0.05, 0) is 57.4 Å². The molecule has 1 aromatic carbocycles. The van der Waals surface area contributed by atoms with Crippen molar-refractivity contribution in [3.63, 3.8) is 0 Å². The van der Waals surface area contributed by atoms with Gasteiger partial charge < -0.3 is 16.0 Å². The summed E-state index contributed by atoms with van der Waals surface area (Å²) in [7, 11) is 0. The molecule has 0 bridgehead atoms. The average Bonchev–Trinajstić information content (AvgIpc) is 2.54. The molecule has 0 radical (unpaired) electrons. The average molecular weight is 331 g/mol. The molecular formula is C19H29N3O2. The van der Waals surface area contributed by atoms with Crippen molar-refractivity contribution in [1.82, 2.24) is 10.6 Å². The van der Waals surface area contributed by atoms with Gasteiger partial charge >= 0.3 is 0 Å². The van der Waals surface area contributed by atoms with Gasteiger partial charge in [0.15, 0.2) is 0 Å². The molecule has 5 heteroatoms. The van der Waals surface area contributed by atoms with Crippen molar-refractivity contribution in [3.8, 4) is 0 Å². The number of amides is 2. The Bertz CT molecular complexity index is 578. The lowest BCUT2D eigenvalue weighted by molar-refractivity contribution is -0.120. The minimum absolute atomic E-state index is 0.0305. The molecule has 132 valence electrons. The first-order chi connectivity index (χ1) is 11.5. The molecule has 24 heavy (non-hydrogen) atoms. The van der Waals surface area contributed by atoms with Gasteiger partial charge in [0.05, 0.1) is 6.54 Å². The van der Waals surface area contributed by atoms with Crippen molar-refractivity contribution in [2.24, 2.45) is 0 Å². The van der Waals surface area contributed by atoms with Crippen LogP contribution in [0.5, 0.6) is 0 Å². The molecule has 0 heterocycles. The number of hydrogen-bond acceptors (Lipinski definition) is 3. The fourth-order valence-electron chi connectivity index (χ4n) is 3.05. The molecule has 1 fully saturated rings. The van der Waals surface area contributed by atoms with Gasteiger partial charge in [-0.3, -0.25) is 9.59 Å². The van der Waals surface area contributed by atoms with Crippen LogP contribution in [-0.4, -0.2) is 30.4 Å². The first-order valence-electron chi connectivity index (χ1n) is 8.90. The summed E-state index contributed by atoms with van der Waals surface area (Å²) in [5, 5.41) is 9.14. The van der Waals surface area contributed by atoms with Gasteiger partial charge in [-0.1, -0.05) is 19.3 Å². The highest BCUT2D eigenvalue weighted by Gasteiger charge is 2.15. The number of aryl methyl sites for hydroxylation is 1. The predicted octanol–water partition coefficient (Wildman–Crippen LogP) is 2.99. The summed E-state index contributed by atoms with van der Waals surface area (Å²) in [5.41, 5.74) is 2.48. The quantitative estimate of drug-likeness (QED) is 0.750. The van der Waals surface area contributed by atoms with Crippen molar-refractivity contribution in [2.45, 2.75) is 65.0 Å². The van der Waals surface area contributed by atoms with Crippen molar-refractivity contribution < 1.29 is 9.59 Å². The highest BCUT2D eigenvalue weighted by molar-refractivity contribution is 5.95. The van der Waals surface area contributed by atoms with E-state index in [-0.39, 0.29) is 24.4 Å². The van der Waals surface area contributed by atoms with Gasteiger partial charge in [-0.2, -0.15) is 0 Å². The third kappa shape index (κ3) is 5.55. The monoisotopic (exact) mass is 331 g/mol. The Hall–Kier alpha value is -2.04. The van der Waals surface area contributed by atoms with Crippen LogP contribution in [-0.2, 0) is 4.79 Å². The maximum absolute atomic E-state index is 12.1. The normalized spacial score (nSPS) is 15.2. The number of nitrogens with one attached hydrogen (secondary N) is 3. The van der Waals surface area contributed by atoms with Crippen LogP contribution >= 0.6 is 0 Å². The van der Waals surface area contributed by atoms with Crippen LogP contribution in [0.2, 0.25) is 0 Å². The summed E-state index contributed by atoms with van der Waals surface area (Å²) in [4.78, 5) is 24.1. The molecule has 0 unspecified atom stereocenters. The molecule has 0 aromatic heterocycles. The van der Waals surface area contributed by atoms with E-state index in [1.807, 2.05) is 32.9 Å². The minimum Gasteiger partial charge on any atom is -0.376 e. The van der Waals surface area contributed by atoms with Crippen molar-refractivity contribution in [1.29, 1.82) is 0 Å². The first-order valence-corrected chi connectivity index (χ1v) is 8.90.